The molecule has 4 fully saturated rings. The average molecular weight is 540 g/mol. The van der Waals surface area contributed by atoms with Gasteiger partial charge in [-0.2, -0.15) is 0 Å². The van der Waals surface area contributed by atoms with Gasteiger partial charge >= 0.3 is 5.97 Å². The lowest BCUT2D eigenvalue weighted by Gasteiger charge is -2.70. The monoisotopic (exact) mass is 539 g/mol. The fraction of sp³-hybridized carbons (Fsp3) is 0.853. The number of esters is 1. The van der Waals surface area contributed by atoms with Gasteiger partial charge in [0, 0.05) is 11.3 Å². The molecule has 5 aliphatic carbocycles. The molecule has 0 aromatic rings. The molecular weight excluding hydrogens is 486 g/mol. The summed E-state index contributed by atoms with van der Waals surface area (Å²) < 4.78 is 5.78. The van der Waals surface area contributed by atoms with Crippen LogP contribution in [0.3, 0.4) is 0 Å². The van der Waals surface area contributed by atoms with E-state index in [2.05, 4.69) is 66.6 Å². The summed E-state index contributed by atoms with van der Waals surface area (Å²) >= 11 is 0. The average Bonchev–Trinajstić information content (AvgIpc) is 2.86. The largest absolute Gasteiger partial charge is 0.465 e. The van der Waals surface area contributed by atoms with Gasteiger partial charge in [-0.1, -0.05) is 65.6 Å². The number of unbranched alkanes of at least 4 members (excludes halogenated alkanes) is 1. The lowest BCUT2D eigenvalue weighted by Crippen LogP contribution is -2.66. The molecule has 3 unspecified atom stereocenters. The Hall–Kier alpha value is -1.65. The first kappa shape index (κ1) is 28.9. The second-order valence-electron chi connectivity index (χ2n) is 16.0. The third-order valence-corrected chi connectivity index (χ3v) is 13.7. The smallest absolute Gasteiger partial charge is 0.311 e. The van der Waals surface area contributed by atoms with Crippen molar-refractivity contribution in [3.63, 3.8) is 0 Å². The Kier molecular flexibility index (Phi) is 6.79. The highest BCUT2D eigenvalue weighted by Gasteiger charge is 2.70. The molecular formula is C34H53NO4. The van der Waals surface area contributed by atoms with E-state index in [0.29, 0.717) is 18.3 Å². The van der Waals surface area contributed by atoms with E-state index in [4.69, 9.17) is 4.74 Å². The SMILES string of the molecule is CCCCOC(=O)[C@@]1(C)CC[C@]2(C)CC[C@]3(C)C(=CC(=O)C4[C@@]5(C)CC/C(=N/O)C(C)(C)C5CC[C@]43C)C2C1. The standard InChI is InChI=1S/C34H53NO4/c1-9-10-19-39-28(37)31(5)16-15-30(4)17-18-33(7)22(23(30)21-31)20-24(36)27-32(6)13-12-26(35-38)29(2,3)25(32)11-14-34(27,33)8/h20,23,25,27,38H,9-19,21H2,1-8H3/b35-26-/t23?,25?,27?,30-,31+,32+,33-,34-/m1/s1. The molecule has 5 nitrogen and oxygen atoms in total. The number of ketones is 1. The van der Waals surface area contributed by atoms with Crippen LogP contribution in [-0.2, 0) is 14.3 Å². The maximum absolute atomic E-state index is 14.5. The molecule has 0 amide bonds. The number of oxime groups is 1. The molecule has 4 saturated carbocycles. The zero-order valence-electron chi connectivity index (χ0n) is 25.9. The predicted octanol–water partition coefficient (Wildman–Crippen LogP) is 8.14. The Bertz CT molecular complexity index is 1110. The summed E-state index contributed by atoms with van der Waals surface area (Å²) in [5, 5.41) is 13.5. The minimum absolute atomic E-state index is 0.0321. The van der Waals surface area contributed by atoms with Crippen LogP contribution in [0.25, 0.3) is 0 Å². The molecule has 0 aromatic heterocycles. The van der Waals surface area contributed by atoms with E-state index in [-0.39, 0.29) is 44.9 Å². The zero-order chi connectivity index (χ0) is 28.6. The second-order valence-corrected chi connectivity index (χ2v) is 16.0. The van der Waals surface area contributed by atoms with Gasteiger partial charge in [0.2, 0.25) is 0 Å². The van der Waals surface area contributed by atoms with Gasteiger partial charge in [0.1, 0.15) is 0 Å². The Morgan fingerprint density at radius 3 is 2.38 bits per heavy atom. The van der Waals surface area contributed by atoms with Gasteiger partial charge in [0.25, 0.3) is 0 Å². The Morgan fingerprint density at radius 1 is 1.03 bits per heavy atom. The van der Waals surface area contributed by atoms with Gasteiger partial charge < -0.3 is 9.94 Å². The molecule has 0 heterocycles. The van der Waals surface area contributed by atoms with E-state index in [0.717, 1.165) is 76.3 Å². The van der Waals surface area contributed by atoms with Crippen LogP contribution in [0.1, 0.15) is 126 Å². The van der Waals surface area contributed by atoms with E-state index in [9.17, 15) is 14.8 Å². The molecule has 8 atom stereocenters. The summed E-state index contributed by atoms with van der Waals surface area (Å²) in [5.41, 5.74) is 1.32. The molecule has 0 aliphatic heterocycles. The van der Waals surface area contributed by atoms with E-state index in [1.54, 1.807) is 0 Å². The minimum Gasteiger partial charge on any atom is -0.465 e. The Morgan fingerprint density at radius 2 is 1.72 bits per heavy atom. The first-order valence-electron chi connectivity index (χ1n) is 15.8. The Balaban J connectivity index is 1.54. The Labute approximate surface area is 236 Å². The van der Waals surface area contributed by atoms with Crippen molar-refractivity contribution in [3.05, 3.63) is 11.6 Å². The van der Waals surface area contributed by atoms with Crippen LogP contribution in [-0.4, -0.2) is 29.3 Å². The van der Waals surface area contributed by atoms with Crippen molar-refractivity contribution in [1.82, 2.24) is 0 Å². The number of carbonyl (C=O) groups excluding carboxylic acids is 2. The van der Waals surface area contributed by atoms with Crippen LogP contribution in [0.4, 0.5) is 0 Å². The summed E-state index contributed by atoms with van der Waals surface area (Å²) in [4.78, 5) is 27.8. The number of ether oxygens (including phenoxy) is 1. The summed E-state index contributed by atoms with van der Waals surface area (Å²) in [6.45, 7) is 18.8. The normalized spacial score (nSPS) is 47.8. The summed E-state index contributed by atoms with van der Waals surface area (Å²) in [6.07, 6.45) is 12.6. The maximum atomic E-state index is 14.5. The summed E-state index contributed by atoms with van der Waals surface area (Å²) in [5.74, 6) is 0.775. The second kappa shape index (κ2) is 9.18. The third-order valence-electron chi connectivity index (χ3n) is 13.7. The van der Waals surface area contributed by atoms with Crippen LogP contribution in [0, 0.1) is 50.2 Å². The molecule has 5 heteroatoms. The van der Waals surface area contributed by atoms with Crippen molar-refractivity contribution >= 4 is 17.5 Å². The summed E-state index contributed by atoms with van der Waals surface area (Å²) in [7, 11) is 0. The number of hydrogen-bond donors (Lipinski definition) is 1. The molecule has 0 radical (unpaired) electrons. The molecule has 39 heavy (non-hydrogen) atoms. The highest BCUT2D eigenvalue weighted by molar-refractivity contribution is 5.97. The molecule has 0 aromatic carbocycles. The highest BCUT2D eigenvalue weighted by atomic mass is 16.5. The minimum atomic E-state index is -0.491. The first-order valence-corrected chi connectivity index (χ1v) is 15.8. The van der Waals surface area contributed by atoms with E-state index in [1.165, 1.54) is 5.57 Å². The summed E-state index contributed by atoms with van der Waals surface area (Å²) in [6, 6.07) is 0. The van der Waals surface area contributed by atoms with Crippen LogP contribution in [0.5, 0.6) is 0 Å². The van der Waals surface area contributed by atoms with Gasteiger partial charge in [-0.3, -0.25) is 9.59 Å². The van der Waals surface area contributed by atoms with Crippen molar-refractivity contribution < 1.29 is 19.5 Å². The predicted molar refractivity (Wildman–Crippen MR) is 155 cm³/mol. The number of carbonyl (C=O) groups is 2. The lowest BCUT2D eigenvalue weighted by atomic mass is 9.33. The fourth-order valence-corrected chi connectivity index (χ4v) is 10.8. The first-order chi connectivity index (χ1) is 18.1. The molecule has 0 bridgehead atoms. The van der Waals surface area contributed by atoms with Gasteiger partial charge in [0.05, 0.1) is 17.7 Å². The molecule has 1 N–H and O–H groups in total. The zero-order valence-corrected chi connectivity index (χ0v) is 25.9. The van der Waals surface area contributed by atoms with Crippen molar-refractivity contribution in [2.24, 2.45) is 55.4 Å². The number of fused-ring (bicyclic) bond motifs is 7. The van der Waals surface area contributed by atoms with E-state index in [1.807, 2.05) is 0 Å². The molecule has 0 saturated heterocycles. The van der Waals surface area contributed by atoms with Crippen LogP contribution in [0.2, 0.25) is 0 Å². The van der Waals surface area contributed by atoms with Crippen molar-refractivity contribution in [2.45, 2.75) is 126 Å². The van der Waals surface area contributed by atoms with Crippen molar-refractivity contribution in [3.8, 4) is 0 Å². The van der Waals surface area contributed by atoms with E-state index < -0.39 is 5.41 Å². The van der Waals surface area contributed by atoms with Gasteiger partial charge in [-0.15, -0.1) is 0 Å². The topological polar surface area (TPSA) is 76.0 Å². The molecule has 5 rings (SSSR count). The van der Waals surface area contributed by atoms with Crippen molar-refractivity contribution in [2.75, 3.05) is 6.61 Å². The van der Waals surface area contributed by atoms with Gasteiger partial charge in [-0.25, -0.2) is 0 Å². The number of hydrogen-bond acceptors (Lipinski definition) is 5. The van der Waals surface area contributed by atoms with Gasteiger partial charge in [-0.05, 0) is 111 Å². The highest BCUT2D eigenvalue weighted by Crippen LogP contribution is 2.75. The van der Waals surface area contributed by atoms with Crippen LogP contribution < -0.4 is 0 Å². The maximum Gasteiger partial charge on any atom is 0.311 e. The molecule has 5 aliphatic rings. The third kappa shape index (κ3) is 3.86. The molecule has 218 valence electrons. The number of rotatable bonds is 4. The van der Waals surface area contributed by atoms with Crippen molar-refractivity contribution in [1.29, 1.82) is 0 Å². The van der Waals surface area contributed by atoms with E-state index >= 15 is 0 Å². The van der Waals surface area contributed by atoms with Crippen LogP contribution >= 0.6 is 0 Å². The van der Waals surface area contributed by atoms with Crippen LogP contribution in [0.15, 0.2) is 16.8 Å². The number of nitrogens with zero attached hydrogens (tertiary/aromatic N) is 1. The quantitative estimate of drug-likeness (QED) is 0.169. The number of allylic oxidation sites excluding steroid dienone is 2. The lowest BCUT2D eigenvalue weighted by molar-refractivity contribution is -0.177. The fourth-order valence-electron chi connectivity index (χ4n) is 10.8. The van der Waals surface area contributed by atoms with Gasteiger partial charge in [0.15, 0.2) is 5.78 Å². The molecule has 0 spiro atoms.